The lowest BCUT2D eigenvalue weighted by Gasteiger charge is -2.40. The number of hydrogen-bond acceptors (Lipinski definition) is 3. The first-order valence-corrected chi connectivity index (χ1v) is 6.55. The molecule has 1 aliphatic heterocycles. The number of halogens is 2. The molecule has 3 nitrogen and oxygen atoms in total. The first kappa shape index (κ1) is 14.4. The SMILES string of the molecule is C[C@@H]1CN(C(CN)c2cc(F)cc(F)c2)C[C@H](C)O1. The van der Waals surface area contributed by atoms with Crippen LogP contribution in [0.4, 0.5) is 8.78 Å². The van der Waals surface area contributed by atoms with Crippen LogP contribution in [0.3, 0.4) is 0 Å². The van der Waals surface area contributed by atoms with Gasteiger partial charge < -0.3 is 10.5 Å². The Balaban J connectivity index is 2.23. The summed E-state index contributed by atoms with van der Waals surface area (Å²) in [5, 5.41) is 0. The minimum Gasteiger partial charge on any atom is -0.373 e. The maximum Gasteiger partial charge on any atom is 0.126 e. The highest BCUT2D eigenvalue weighted by Gasteiger charge is 2.28. The van der Waals surface area contributed by atoms with Crippen molar-refractivity contribution in [3.05, 3.63) is 35.4 Å². The number of rotatable bonds is 3. The van der Waals surface area contributed by atoms with Gasteiger partial charge in [-0.05, 0) is 31.5 Å². The normalized spacial score (nSPS) is 26.4. The smallest absolute Gasteiger partial charge is 0.126 e. The van der Waals surface area contributed by atoms with Crippen LogP contribution in [0, 0.1) is 11.6 Å². The Morgan fingerprint density at radius 3 is 2.21 bits per heavy atom. The van der Waals surface area contributed by atoms with Crippen molar-refractivity contribution in [2.45, 2.75) is 32.1 Å². The lowest BCUT2D eigenvalue weighted by molar-refractivity contribution is -0.0799. The summed E-state index contributed by atoms with van der Waals surface area (Å²) >= 11 is 0. The molecular weight excluding hydrogens is 250 g/mol. The van der Waals surface area contributed by atoms with Crippen molar-refractivity contribution in [3.8, 4) is 0 Å². The highest BCUT2D eigenvalue weighted by atomic mass is 19.1. The molecule has 1 saturated heterocycles. The van der Waals surface area contributed by atoms with Crippen molar-refractivity contribution in [2.75, 3.05) is 19.6 Å². The Kier molecular flexibility index (Phi) is 4.50. The maximum absolute atomic E-state index is 13.3. The maximum atomic E-state index is 13.3. The van der Waals surface area contributed by atoms with Gasteiger partial charge in [-0.15, -0.1) is 0 Å². The molecule has 0 aliphatic carbocycles. The Morgan fingerprint density at radius 1 is 1.21 bits per heavy atom. The number of benzene rings is 1. The first-order valence-electron chi connectivity index (χ1n) is 6.55. The van der Waals surface area contributed by atoms with Gasteiger partial charge in [0.05, 0.1) is 12.2 Å². The third-order valence-corrected chi connectivity index (χ3v) is 3.38. The second kappa shape index (κ2) is 5.94. The van der Waals surface area contributed by atoms with E-state index in [9.17, 15) is 8.78 Å². The molecule has 1 aromatic carbocycles. The van der Waals surface area contributed by atoms with Gasteiger partial charge in [-0.2, -0.15) is 0 Å². The summed E-state index contributed by atoms with van der Waals surface area (Å²) in [4.78, 5) is 2.13. The van der Waals surface area contributed by atoms with Gasteiger partial charge >= 0.3 is 0 Å². The standard InChI is InChI=1S/C14H20F2N2O/c1-9-7-18(8-10(2)19-9)14(6-17)11-3-12(15)5-13(16)4-11/h3-5,9-10,14H,6-8,17H2,1-2H3/t9-,10+,14?. The van der Waals surface area contributed by atoms with Crippen LogP contribution in [0.2, 0.25) is 0 Å². The minimum absolute atomic E-state index is 0.0937. The van der Waals surface area contributed by atoms with Gasteiger partial charge in [-0.1, -0.05) is 0 Å². The largest absolute Gasteiger partial charge is 0.373 e. The number of hydrogen-bond donors (Lipinski definition) is 1. The lowest BCUT2D eigenvalue weighted by atomic mass is 10.0. The second-order valence-electron chi connectivity index (χ2n) is 5.17. The van der Waals surface area contributed by atoms with Gasteiger partial charge in [0, 0.05) is 31.7 Å². The molecule has 0 amide bonds. The molecule has 1 aliphatic rings. The average Bonchev–Trinajstić information content (AvgIpc) is 2.27. The van der Waals surface area contributed by atoms with Crippen LogP contribution in [0.5, 0.6) is 0 Å². The van der Waals surface area contributed by atoms with E-state index >= 15 is 0 Å². The van der Waals surface area contributed by atoms with E-state index in [4.69, 9.17) is 10.5 Å². The molecule has 0 saturated carbocycles. The molecule has 1 heterocycles. The van der Waals surface area contributed by atoms with Crippen LogP contribution in [-0.4, -0.2) is 36.7 Å². The highest BCUT2D eigenvalue weighted by molar-refractivity contribution is 5.22. The van der Waals surface area contributed by atoms with Crippen molar-refractivity contribution in [1.82, 2.24) is 4.90 Å². The van der Waals surface area contributed by atoms with Crippen molar-refractivity contribution < 1.29 is 13.5 Å². The van der Waals surface area contributed by atoms with Gasteiger partial charge in [0.15, 0.2) is 0 Å². The van der Waals surface area contributed by atoms with Crippen molar-refractivity contribution in [3.63, 3.8) is 0 Å². The summed E-state index contributed by atoms with van der Waals surface area (Å²) in [6.07, 6.45) is 0.187. The van der Waals surface area contributed by atoms with Crippen LogP contribution in [0.15, 0.2) is 18.2 Å². The highest BCUT2D eigenvalue weighted by Crippen LogP contribution is 2.25. The molecule has 2 rings (SSSR count). The van der Waals surface area contributed by atoms with Crippen LogP contribution < -0.4 is 5.73 Å². The molecule has 1 fully saturated rings. The van der Waals surface area contributed by atoms with Gasteiger partial charge in [0.1, 0.15) is 11.6 Å². The minimum atomic E-state index is -0.567. The Hall–Kier alpha value is -1.04. The zero-order chi connectivity index (χ0) is 14.0. The Morgan fingerprint density at radius 2 is 1.74 bits per heavy atom. The monoisotopic (exact) mass is 270 g/mol. The van der Waals surface area contributed by atoms with Crippen LogP contribution in [0.1, 0.15) is 25.5 Å². The van der Waals surface area contributed by atoms with Crippen LogP contribution in [-0.2, 0) is 4.74 Å². The van der Waals surface area contributed by atoms with Crippen molar-refractivity contribution in [2.24, 2.45) is 5.73 Å². The fourth-order valence-electron chi connectivity index (χ4n) is 2.74. The number of nitrogens with zero attached hydrogens (tertiary/aromatic N) is 1. The summed E-state index contributed by atoms with van der Waals surface area (Å²) in [6, 6.07) is 3.40. The molecule has 0 radical (unpaired) electrons. The third-order valence-electron chi connectivity index (χ3n) is 3.38. The Labute approximate surface area is 112 Å². The van der Waals surface area contributed by atoms with Crippen molar-refractivity contribution in [1.29, 1.82) is 0 Å². The van der Waals surface area contributed by atoms with E-state index in [-0.39, 0.29) is 18.2 Å². The molecule has 0 aromatic heterocycles. The summed E-state index contributed by atoms with van der Waals surface area (Å²) < 4.78 is 32.3. The molecule has 2 N–H and O–H groups in total. The second-order valence-corrected chi connectivity index (χ2v) is 5.17. The summed E-state index contributed by atoms with van der Waals surface area (Å²) in [7, 11) is 0. The third kappa shape index (κ3) is 3.49. The molecule has 0 bridgehead atoms. The van der Waals surface area contributed by atoms with E-state index in [0.29, 0.717) is 25.2 Å². The summed E-state index contributed by atoms with van der Waals surface area (Å²) in [5.41, 5.74) is 6.38. The van der Waals surface area contributed by atoms with E-state index in [1.807, 2.05) is 13.8 Å². The number of ether oxygens (including phenoxy) is 1. The molecule has 1 aromatic rings. The molecule has 19 heavy (non-hydrogen) atoms. The molecular formula is C14H20F2N2O. The predicted molar refractivity (Wildman–Crippen MR) is 69.7 cm³/mol. The molecule has 1 unspecified atom stereocenters. The van der Waals surface area contributed by atoms with E-state index < -0.39 is 11.6 Å². The van der Waals surface area contributed by atoms with E-state index in [2.05, 4.69) is 4.90 Å². The summed E-state index contributed by atoms with van der Waals surface area (Å²) in [5.74, 6) is -1.13. The number of morpholine rings is 1. The van der Waals surface area contributed by atoms with Gasteiger partial charge in [0.2, 0.25) is 0 Å². The zero-order valence-electron chi connectivity index (χ0n) is 11.3. The lowest BCUT2D eigenvalue weighted by Crippen LogP contribution is -2.48. The van der Waals surface area contributed by atoms with Crippen LogP contribution >= 0.6 is 0 Å². The summed E-state index contributed by atoms with van der Waals surface area (Å²) in [6.45, 7) is 5.72. The van der Waals surface area contributed by atoms with Gasteiger partial charge in [-0.3, -0.25) is 4.90 Å². The number of nitrogens with two attached hydrogens (primary N) is 1. The fraction of sp³-hybridized carbons (Fsp3) is 0.571. The van der Waals surface area contributed by atoms with Gasteiger partial charge in [0.25, 0.3) is 0 Å². The van der Waals surface area contributed by atoms with Crippen molar-refractivity contribution >= 4 is 0 Å². The molecule has 106 valence electrons. The average molecular weight is 270 g/mol. The Bertz CT molecular complexity index is 411. The van der Waals surface area contributed by atoms with E-state index in [1.165, 1.54) is 12.1 Å². The quantitative estimate of drug-likeness (QED) is 0.914. The fourth-order valence-corrected chi connectivity index (χ4v) is 2.74. The van der Waals surface area contributed by atoms with Crippen LogP contribution in [0.25, 0.3) is 0 Å². The van der Waals surface area contributed by atoms with E-state index in [0.717, 1.165) is 6.07 Å². The molecule has 0 spiro atoms. The predicted octanol–water partition coefficient (Wildman–Crippen LogP) is 2.07. The first-order chi connectivity index (χ1) is 8.99. The zero-order valence-corrected chi connectivity index (χ0v) is 11.3. The topological polar surface area (TPSA) is 38.5 Å². The molecule has 3 atom stereocenters. The van der Waals surface area contributed by atoms with Gasteiger partial charge in [-0.25, -0.2) is 8.78 Å². The molecule has 5 heteroatoms. The van der Waals surface area contributed by atoms with E-state index in [1.54, 1.807) is 0 Å².